The van der Waals surface area contributed by atoms with Crippen LogP contribution in [0.25, 0.3) is 38.1 Å². The van der Waals surface area contributed by atoms with Gasteiger partial charge in [0.2, 0.25) is 11.8 Å². The molecule has 6 fully saturated rings. The average molecular weight is 2230 g/mol. The van der Waals surface area contributed by atoms with Crippen molar-refractivity contribution in [3.63, 3.8) is 0 Å². The van der Waals surface area contributed by atoms with E-state index in [2.05, 4.69) is 116 Å². The predicted octanol–water partition coefficient (Wildman–Crippen LogP) is 6.48. The van der Waals surface area contributed by atoms with Gasteiger partial charge >= 0.3 is 47.5 Å². The molecule has 845 valence electrons. The number of carbonyl (C=O) groups is 4. The molecule has 44 nitrogen and oxygen atoms in total. The number of hydrogen-bond donors (Lipinski definition) is 10. The zero-order valence-corrected chi connectivity index (χ0v) is 100.0. The standard InChI is InChI=1S/C21H34N4O3S.C13H19N3O3S.C13H19N3O2.C9H15N3O4.C9H18O2S.C8H17NO2S.C8H16O3.C7H15NO3.C4H6O4.C2H4O2.CH3Cl.CH4O.B.ClH.Na/c1-8-25-10-14(17-18(25)19(24-13-23-17)28-20(2,3)4)9-22-15(12-29-7)16-11-26-21(5,6)27-16;1-20-6-10(11(18)5-17)14-4-8-2-3-9-12(8)15-7-16-13(9)19;1-6-16-7-9(17-5)10-11(16)12(15-8-14-10)18-13(2,3)4;1-4-14-8(13)7(11-12-10)6-5-15-9(2,3)16-6;1-7(6-12-4)8-5-10-9(2,3)11-8;1-8(2)10-4-7(11-8)6(9)5-12-3;1-6(4-9)7-5-10-8(2,3)11-7;1-7(2)10-4-6(11-7)5(8)3-9;1-3(5)7-8-4(2)6;1-2(3)4;2*1-2;;;/h10,13,15-16,22H,8-9,11-12H2,1-7H3;2,7,10-11,14,17-18H,3-6H2,1H3,(H,15,16,19);7-8H,6H2,1-5H3;6-7H,4-5H2,1-3H3;7-8H,5-6H2,1-4H3;6-7H,4-5,9H2,1-3H3;6-7,9H,4-5H2,1-3H3;5-6,9H,3-4,8H2,1-2H3;1-2H3;1H3,(H,3,4);1H3;2H,1H3;;1H;/q;;;;;;;;;;;;;;+1/p-1/t15-,16+;10-,11+;;6-,7-;7-,8+;2*6-,7+;5-,6+;;;;;;;/m00.10000......./s1. The molecule has 0 bridgehead atoms. The Bertz CT molecular complexity index is 4630. The van der Waals surface area contributed by atoms with Gasteiger partial charge in [0, 0.05) is 144 Å². The van der Waals surface area contributed by atoms with E-state index in [0.717, 1.165) is 109 Å². The van der Waals surface area contributed by atoms with Crippen LogP contribution in [0.5, 0.6) is 17.5 Å². The van der Waals surface area contributed by atoms with E-state index in [4.69, 9.17) is 123 Å². The average Bonchev–Trinajstić information content (AvgIpc) is 1.63. The first kappa shape index (κ1) is 147. The first-order valence-electron chi connectivity index (χ1n) is 47.6. The van der Waals surface area contributed by atoms with Crippen molar-refractivity contribution < 1.29 is 165 Å². The van der Waals surface area contributed by atoms with Crippen LogP contribution in [0.1, 0.15) is 197 Å². The molecular weight excluding hydrogens is 2060 g/mol. The summed E-state index contributed by atoms with van der Waals surface area (Å²) >= 11 is 11.6. The minimum Gasteiger partial charge on any atom is -0.550 e. The molecule has 0 aromatic carbocycles. The van der Waals surface area contributed by atoms with Crippen LogP contribution in [0.15, 0.2) is 47.4 Å². The number of hydrogen-bond acceptors (Lipinski definition) is 43. The van der Waals surface area contributed by atoms with E-state index in [-0.39, 0.29) is 167 Å². The van der Waals surface area contributed by atoms with Crippen molar-refractivity contribution in [1.82, 2.24) is 49.7 Å². The molecule has 7 aliphatic rings. The van der Waals surface area contributed by atoms with E-state index in [1.165, 1.54) is 19.0 Å². The first-order valence-corrected chi connectivity index (χ1v) is 53.9. The summed E-state index contributed by atoms with van der Waals surface area (Å²) in [7, 11) is 2.64. The molecule has 6 aliphatic heterocycles. The quantitative estimate of drug-likeness (QED) is 0.00322. The number of esters is 1. The number of aromatic nitrogens is 8. The Morgan fingerprint density at radius 1 is 0.601 bits per heavy atom. The van der Waals surface area contributed by atoms with Crippen molar-refractivity contribution in [2.45, 2.75) is 325 Å². The van der Waals surface area contributed by atoms with Crippen LogP contribution in [0.3, 0.4) is 0 Å². The second kappa shape index (κ2) is 73.2. The van der Waals surface area contributed by atoms with Gasteiger partial charge in [0.05, 0.1) is 103 Å². The molecular formula is C96H170BCl2N15NaO29S4. The van der Waals surface area contributed by atoms with Crippen LogP contribution in [0.2, 0.25) is 0 Å². The van der Waals surface area contributed by atoms with Gasteiger partial charge in [0.1, 0.15) is 70.3 Å². The number of aryl methyl sites for hydroxylation is 2. The number of aliphatic carboxylic acids is 1. The third-order valence-electron chi connectivity index (χ3n) is 20.7. The number of alkyl halides is 1. The number of allylic oxidation sites excluding steroid dienone is 1. The largest absolute Gasteiger partial charge is 1.00 e. The van der Waals surface area contributed by atoms with Crippen molar-refractivity contribution >= 4 is 131 Å². The molecule has 148 heavy (non-hydrogen) atoms. The number of nitrogens with zero attached hydrogens (tertiary/aromatic N) is 10. The van der Waals surface area contributed by atoms with Gasteiger partial charge < -0.3 is 147 Å². The maximum atomic E-state index is 11.6. The third kappa shape index (κ3) is 55.3. The third-order valence-corrected chi connectivity index (χ3v) is 23.7. The van der Waals surface area contributed by atoms with Gasteiger partial charge in [-0.05, 0) is 207 Å². The van der Waals surface area contributed by atoms with Gasteiger partial charge in [-0.15, -0.1) is 24.0 Å². The number of halogens is 2. The van der Waals surface area contributed by atoms with E-state index in [0.29, 0.717) is 74.9 Å². The number of rotatable bonds is 32. The molecule has 0 amide bonds. The molecule has 14 atom stereocenters. The fraction of sp³-hybridized carbons (Fsp3) is 0.771. The molecule has 12 N–H and O–H groups in total. The summed E-state index contributed by atoms with van der Waals surface area (Å²) in [5.41, 5.74) is 26.2. The SMILES string of the molecule is CC(=O)OOC(C)=O.CC(=O)[O-].CC1(C)OC[C@H]([C@@H](N)CO)O1.CCOC(=O)[C@H](N=[N+]=[N-])[C@H]1COC(C)(C)O1.CCl.CCn1cc(CN[C@@H](CSC)[C@H]2COC(C)(C)O2)c2ncnc(OC(C)(C)C)c21.CCn1cc(OC)c2ncnc(OC(C)(C)C)c21.CO.CSC[C@H](C)[C@H]1COC(C)(C)O1.CSC[C@H](N)[C@H]1COC(C)(C)O1.CSC[C@H](NCC1=CCc2c1nc[nH]c2=O)[C@H](O)CO.C[C@@H](CO)[C@H]1COC(C)(C)O1.Cl.[B].[Na+]. The van der Waals surface area contributed by atoms with Crippen LogP contribution in [0, 0.1) is 11.8 Å². The Hall–Kier alpha value is -5.35. The number of thioether (sulfide) groups is 4. The minimum atomic E-state index is -1.08. The van der Waals surface area contributed by atoms with E-state index < -0.39 is 71.1 Å². The van der Waals surface area contributed by atoms with E-state index in [9.17, 15) is 24.3 Å². The molecule has 6 saturated heterocycles. The number of aliphatic hydroxyl groups excluding tert-OH is 5. The summed E-state index contributed by atoms with van der Waals surface area (Å²) in [6.07, 6.45) is 19.7. The number of carbonyl (C=O) groups excluding carboxylic acids is 4. The van der Waals surface area contributed by atoms with Crippen LogP contribution < -0.4 is 76.5 Å². The maximum absolute atomic E-state index is 11.6. The number of aromatic amines is 1. The minimum absolute atomic E-state index is 0. The Labute approximate surface area is 926 Å². The number of carboxylic acids is 1. The first-order chi connectivity index (χ1) is 67.8. The summed E-state index contributed by atoms with van der Waals surface area (Å²) in [5, 5.41) is 62.5. The molecule has 5 aromatic rings. The number of fused-ring (bicyclic) bond motifs is 3. The summed E-state index contributed by atoms with van der Waals surface area (Å²) < 4.78 is 92.7. The molecule has 11 heterocycles. The summed E-state index contributed by atoms with van der Waals surface area (Å²) in [6.45, 7) is 54.1. The second-order valence-corrected chi connectivity index (χ2v) is 41.7. The zero-order chi connectivity index (χ0) is 111. The zero-order valence-electron chi connectivity index (χ0n) is 93.1. The molecule has 0 unspecified atom stereocenters. The summed E-state index contributed by atoms with van der Waals surface area (Å²) in [5.74, 6) is 0.377. The second-order valence-electron chi connectivity index (χ2n) is 38.0. The Balaban J connectivity index is -0.00000161. The fourth-order valence-corrected chi connectivity index (χ4v) is 16.6. The van der Waals surface area contributed by atoms with Gasteiger partial charge in [-0.1, -0.05) is 25.0 Å². The topological polar surface area (TPSA) is 591 Å². The van der Waals surface area contributed by atoms with Gasteiger partial charge in [0.25, 0.3) is 5.56 Å². The van der Waals surface area contributed by atoms with Crippen molar-refractivity contribution in [1.29, 1.82) is 0 Å². The number of ether oxygens (including phenoxy) is 16. The van der Waals surface area contributed by atoms with Crippen LogP contribution in [0.4, 0.5) is 0 Å². The van der Waals surface area contributed by atoms with Crippen molar-refractivity contribution in [3.05, 3.63) is 75.1 Å². The van der Waals surface area contributed by atoms with Gasteiger partial charge in [-0.25, -0.2) is 34.3 Å². The molecule has 1 aliphatic carbocycles. The van der Waals surface area contributed by atoms with Gasteiger partial charge in [-0.2, -0.15) is 57.0 Å². The molecule has 12 rings (SSSR count). The smallest absolute Gasteiger partial charge is 0.550 e. The monoisotopic (exact) mass is 2230 g/mol. The van der Waals surface area contributed by atoms with Crippen molar-refractivity contribution in [3.8, 4) is 17.5 Å². The van der Waals surface area contributed by atoms with Crippen molar-refractivity contribution in [2.24, 2.45) is 28.4 Å². The molecule has 3 radical (unpaired) electrons. The Kier molecular flexibility index (Phi) is 72.6. The Morgan fingerprint density at radius 2 is 1.01 bits per heavy atom. The fourth-order valence-electron chi connectivity index (χ4n) is 13.9. The number of nitrogens with one attached hydrogen (secondary N) is 3. The number of carboxylic acid groups (broad SMARTS) is 1. The normalized spacial score (nSPS) is 20.7. The number of nitrogens with two attached hydrogens (primary N) is 2. The van der Waals surface area contributed by atoms with E-state index >= 15 is 0 Å². The Morgan fingerprint density at radius 3 is 1.39 bits per heavy atom. The number of methoxy groups -OCH3 is 1. The van der Waals surface area contributed by atoms with Crippen LogP contribution in [-0.4, -0.2) is 357 Å². The molecule has 52 heteroatoms. The molecule has 0 spiro atoms. The predicted molar refractivity (Wildman–Crippen MR) is 574 cm³/mol. The molecule has 0 saturated carbocycles. The van der Waals surface area contributed by atoms with E-state index in [1.807, 2.05) is 159 Å². The maximum Gasteiger partial charge on any atom is 1.00 e. The van der Waals surface area contributed by atoms with Crippen LogP contribution >= 0.6 is 71.1 Å². The summed E-state index contributed by atoms with van der Waals surface area (Å²) in [4.78, 5) is 86.2. The number of azide groups is 1. The number of aliphatic hydroxyl groups is 5. The van der Waals surface area contributed by atoms with Crippen LogP contribution in [-0.2, 0) is 117 Å². The van der Waals surface area contributed by atoms with Gasteiger partial charge in [-0.3, -0.25) is 9.59 Å². The van der Waals surface area contributed by atoms with Crippen molar-refractivity contribution in [2.75, 3.05) is 141 Å². The number of H-pyrrole nitrogens is 1. The van der Waals surface area contributed by atoms with Gasteiger partial charge in [0.15, 0.2) is 46.5 Å². The molecule has 5 aromatic heterocycles. The van der Waals surface area contributed by atoms with E-state index in [1.54, 1.807) is 69.5 Å². The summed E-state index contributed by atoms with van der Waals surface area (Å²) in [6, 6.07) is -1.24.